The summed E-state index contributed by atoms with van der Waals surface area (Å²) in [6.07, 6.45) is 0.596. The monoisotopic (exact) mass is 249 g/mol. The third-order valence-corrected chi connectivity index (χ3v) is 3.04. The summed E-state index contributed by atoms with van der Waals surface area (Å²) >= 11 is 0. The van der Waals surface area contributed by atoms with Crippen LogP contribution in [-0.2, 0) is 9.59 Å². The number of hydrogen-bond acceptors (Lipinski definition) is 2. The fourth-order valence-electron chi connectivity index (χ4n) is 1.99. The van der Waals surface area contributed by atoms with Crippen molar-refractivity contribution in [3.63, 3.8) is 0 Å². The summed E-state index contributed by atoms with van der Waals surface area (Å²) in [5, 5.41) is 8.45. The minimum absolute atomic E-state index is 0.0297. The third kappa shape index (κ3) is 4.28. The Morgan fingerprint density at radius 3 is 2.59 bits per heavy atom. The van der Waals surface area contributed by atoms with E-state index < -0.39 is 17.8 Å². The molecule has 1 rings (SSSR count). The van der Waals surface area contributed by atoms with Crippen LogP contribution in [0.25, 0.3) is 0 Å². The highest BCUT2D eigenvalue weighted by Gasteiger charge is 2.38. The molecule has 6 heteroatoms. The molecule has 0 bridgehead atoms. The highest BCUT2D eigenvalue weighted by atomic mass is 19.3. The molecule has 0 spiro atoms. The molecule has 1 atom stereocenters. The number of aliphatic carboxylic acids is 1. The van der Waals surface area contributed by atoms with E-state index in [0.29, 0.717) is 19.4 Å². The van der Waals surface area contributed by atoms with Gasteiger partial charge >= 0.3 is 5.97 Å². The van der Waals surface area contributed by atoms with Crippen molar-refractivity contribution in [1.82, 2.24) is 4.90 Å². The molecule has 0 saturated carbocycles. The number of carboxylic acid groups (broad SMARTS) is 1. The molecule has 4 nitrogen and oxygen atoms in total. The van der Waals surface area contributed by atoms with Gasteiger partial charge in [0.15, 0.2) is 0 Å². The molecule has 1 N–H and O–H groups in total. The van der Waals surface area contributed by atoms with Crippen molar-refractivity contribution in [3.05, 3.63) is 0 Å². The predicted octanol–water partition coefficient (Wildman–Crippen LogP) is 1.75. The maximum Gasteiger partial charge on any atom is 0.303 e. The maximum atomic E-state index is 13.1. The summed E-state index contributed by atoms with van der Waals surface area (Å²) < 4.78 is 26.3. The van der Waals surface area contributed by atoms with Gasteiger partial charge in [-0.2, -0.15) is 0 Å². The first kappa shape index (κ1) is 13.9. The van der Waals surface area contributed by atoms with E-state index in [0.717, 1.165) is 6.92 Å². The highest BCUT2D eigenvalue weighted by Crippen LogP contribution is 2.31. The van der Waals surface area contributed by atoms with Crippen LogP contribution in [0, 0.1) is 5.92 Å². The molecule has 1 heterocycles. The minimum Gasteiger partial charge on any atom is -0.481 e. The molecule has 17 heavy (non-hydrogen) atoms. The van der Waals surface area contributed by atoms with E-state index in [9.17, 15) is 18.4 Å². The topological polar surface area (TPSA) is 57.6 Å². The van der Waals surface area contributed by atoms with Gasteiger partial charge in [-0.3, -0.25) is 9.59 Å². The van der Waals surface area contributed by atoms with E-state index in [1.54, 1.807) is 0 Å². The number of carbonyl (C=O) groups excluding carboxylic acids is 1. The second-order valence-electron chi connectivity index (χ2n) is 4.53. The second-order valence-corrected chi connectivity index (χ2v) is 4.53. The summed E-state index contributed by atoms with van der Waals surface area (Å²) in [7, 11) is 0. The standard InChI is InChI=1S/C11H17F2NO3/c1-11(12,13)8-3-2-6-14(7-8)9(15)4-5-10(16)17/h8H,2-7H2,1H3,(H,16,17)/t8-/m1/s1. The number of nitrogens with zero attached hydrogens (tertiary/aromatic N) is 1. The number of piperidine rings is 1. The summed E-state index contributed by atoms with van der Waals surface area (Å²) in [4.78, 5) is 23.3. The van der Waals surface area contributed by atoms with Gasteiger partial charge < -0.3 is 10.0 Å². The maximum absolute atomic E-state index is 13.1. The molecule has 1 aliphatic rings. The molecule has 98 valence electrons. The Labute approximate surface area is 98.6 Å². The normalized spacial score (nSPS) is 21.4. The molecule has 0 aromatic carbocycles. The van der Waals surface area contributed by atoms with E-state index in [1.165, 1.54) is 4.90 Å². The number of carbonyl (C=O) groups is 2. The van der Waals surface area contributed by atoms with E-state index in [4.69, 9.17) is 5.11 Å². The molecular formula is C11H17F2NO3. The first-order valence-electron chi connectivity index (χ1n) is 5.68. The van der Waals surface area contributed by atoms with Crippen LogP contribution in [0.4, 0.5) is 8.78 Å². The Hall–Kier alpha value is -1.20. The summed E-state index contributed by atoms with van der Waals surface area (Å²) in [5.41, 5.74) is 0. The van der Waals surface area contributed by atoms with Gasteiger partial charge in [0, 0.05) is 25.4 Å². The zero-order valence-corrected chi connectivity index (χ0v) is 9.79. The summed E-state index contributed by atoms with van der Waals surface area (Å²) in [6, 6.07) is 0. The van der Waals surface area contributed by atoms with Crippen LogP contribution < -0.4 is 0 Å². The smallest absolute Gasteiger partial charge is 0.303 e. The molecule has 1 aliphatic heterocycles. The Kier molecular flexibility index (Phi) is 4.42. The fraction of sp³-hybridized carbons (Fsp3) is 0.818. The van der Waals surface area contributed by atoms with Crippen LogP contribution in [0.15, 0.2) is 0 Å². The molecule has 0 aromatic heterocycles. The van der Waals surface area contributed by atoms with Crippen molar-refractivity contribution in [2.24, 2.45) is 5.92 Å². The molecule has 0 aliphatic carbocycles. The molecule has 0 radical (unpaired) electrons. The lowest BCUT2D eigenvalue weighted by Crippen LogP contribution is -2.45. The van der Waals surface area contributed by atoms with Crippen molar-refractivity contribution in [2.45, 2.75) is 38.5 Å². The van der Waals surface area contributed by atoms with Gasteiger partial charge in [-0.25, -0.2) is 8.78 Å². The first-order valence-corrected chi connectivity index (χ1v) is 5.68. The van der Waals surface area contributed by atoms with Crippen molar-refractivity contribution < 1.29 is 23.5 Å². The lowest BCUT2D eigenvalue weighted by atomic mass is 9.92. The molecule has 1 amide bonds. The fourth-order valence-corrected chi connectivity index (χ4v) is 1.99. The van der Waals surface area contributed by atoms with Crippen LogP contribution >= 0.6 is 0 Å². The Morgan fingerprint density at radius 1 is 1.41 bits per heavy atom. The molecule has 0 aromatic rings. The van der Waals surface area contributed by atoms with E-state index in [1.807, 2.05) is 0 Å². The third-order valence-electron chi connectivity index (χ3n) is 3.04. The van der Waals surface area contributed by atoms with Crippen LogP contribution in [0.1, 0.15) is 32.6 Å². The molecule has 0 unspecified atom stereocenters. The Balaban J connectivity index is 2.49. The van der Waals surface area contributed by atoms with Crippen LogP contribution in [0.2, 0.25) is 0 Å². The molecule has 1 fully saturated rings. The van der Waals surface area contributed by atoms with Crippen molar-refractivity contribution in [3.8, 4) is 0 Å². The quantitative estimate of drug-likeness (QED) is 0.825. The number of carboxylic acids is 1. The zero-order valence-electron chi connectivity index (χ0n) is 9.79. The van der Waals surface area contributed by atoms with Gasteiger partial charge in [0.2, 0.25) is 11.8 Å². The first-order chi connectivity index (χ1) is 7.80. The van der Waals surface area contributed by atoms with E-state index in [2.05, 4.69) is 0 Å². The number of halogens is 2. The number of likely N-dealkylation sites (tertiary alicyclic amines) is 1. The number of alkyl halides is 2. The van der Waals surface area contributed by atoms with Crippen LogP contribution in [0.5, 0.6) is 0 Å². The van der Waals surface area contributed by atoms with Crippen molar-refractivity contribution >= 4 is 11.9 Å². The summed E-state index contributed by atoms with van der Waals surface area (Å²) in [5.74, 6) is -5.00. The Morgan fingerprint density at radius 2 is 2.06 bits per heavy atom. The zero-order chi connectivity index (χ0) is 13.1. The number of rotatable bonds is 4. The van der Waals surface area contributed by atoms with Gasteiger partial charge in [0.05, 0.1) is 6.42 Å². The van der Waals surface area contributed by atoms with Gasteiger partial charge in [0.1, 0.15) is 0 Å². The van der Waals surface area contributed by atoms with Gasteiger partial charge in [-0.05, 0) is 19.8 Å². The second kappa shape index (κ2) is 5.42. The largest absolute Gasteiger partial charge is 0.481 e. The van der Waals surface area contributed by atoms with Gasteiger partial charge in [-0.15, -0.1) is 0 Å². The lowest BCUT2D eigenvalue weighted by Gasteiger charge is -2.35. The van der Waals surface area contributed by atoms with E-state index in [-0.39, 0.29) is 25.3 Å². The SMILES string of the molecule is CC(F)(F)[C@@H]1CCCN(C(=O)CCC(=O)O)C1. The predicted molar refractivity (Wildman–Crippen MR) is 56.8 cm³/mol. The summed E-state index contributed by atoms with van der Waals surface area (Å²) in [6.45, 7) is 1.34. The van der Waals surface area contributed by atoms with Crippen molar-refractivity contribution in [1.29, 1.82) is 0 Å². The van der Waals surface area contributed by atoms with Crippen LogP contribution in [0.3, 0.4) is 0 Å². The average Bonchev–Trinajstić information content (AvgIpc) is 2.25. The van der Waals surface area contributed by atoms with Gasteiger partial charge in [-0.1, -0.05) is 0 Å². The Bertz CT molecular complexity index is 302. The molecule has 1 saturated heterocycles. The number of amides is 1. The lowest BCUT2D eigenvalue weighted by molar-refractivity contribution is -0.143. The van der Waals surface area contributed by atoms with Gasteiger partial charge in [0.25, 0.3) is 0 Å². The number of hydrogen-bond donors (Lipinski definition) is 1. The van der Waals surface area contributed by atoms with Crippen LogP contribution in [-0.4, -0.2) is 40.9 Å². The molecular weight excluding hydrogens is 232 g/mol. The average molecular weight is 249 g/mol. The van der Waals surface area contributed by atoms with E-state index >= 15 is 0 Å². The highest BCUT2D eigenvalue weighted by molar-refractivity contribution is 5.80. The minimum atomic E-state index is -2.79. The van der Waals surface area contributed by atoms with Crippen molar-refractivity contribution in [2.75, 3.05) is 13.1 Å².